The Morgan fingerprint density at radius 3 is 3.22 bits per heavy atom. The highest BCUT2D eigenvalue weighted by molar-refractivity contribution is 5.78. The van der Waals surface area contributed by atoms with Gasteiger partial charge in [-0.15, -0.1) is 0 Å². The smallest absolute Gasteiger partial charge is 0.341 e. The average molecular weight is 250 g/mol. The molecule has 1 aliphatic heterocycles. The van der Waals surface area contributed by atoms with Crippen LogP contribution in [0.5, 0.6) is 0 Å². The van der Waals surface area contributed by atoms with Gasteiger partial charge in [-0.05, 0) is 26.0 Å². The second-order valence-corrected chi connectivity index (χ2v) is 4.54. The van der Waals surface area contributed by atoms with Crippen molar-refractivity contribution in [2.24, 2.45) is 0 Å². The Labute approximate surface area is 105 Å². The Balaban J connectivity index is 2.07. The molecule has 0 unspecified atom stereocenters. The highest BCUT2D eigenvalue weighted by Gasteiger charge is 2.24. The summed E-state index contributed by atoms with van der Waals surface area (Å²) in [4.78, 5) is 31.2. The maximum absolute atomic E-state index is 11.8. The number of carbonyl (C=O) groups excluding carboxylic acids is 1. The fraction of sp³-hybridized carbons (Fsp3) is 0.583. The zero-order chi connectivity index (χ0) is 13.0. The van der Waals surface area contributed by atoms with Gasteiger partial charge in [-0.1, -0.05) is 0 Å². The first-order valence-electron chi connectivity index (χ1n) is 6.18. The van der Waals surface area contributed by atoms with E-state index in [0.717, 1.165) is 25.1 Å². The van der Waals surface area contributed by atoms with E-state index >= 15 is 0 Å². The van der Waals surface area contributed by atoms with Crippen LogP contribution in [0, 0.1) is 0 Å². The Morgan fingerprint density at radius 2 is 2.50 bits per heavy atom. The van der Waals surface area contributed by atoms with Crippen molar-refractivity contribution in [3.63, 3.8) is 0 Å². The van der Waals surface area contributed by atoms with Crippen molar-refractivity contribution in [1.82, 2.24) is 20.2 Å². The first-order valence-corrected chi connectivity index (χ1v) is 6.18. The first kappa shape index (κ1) is 12.8. The van der Waals surface area contributed by atoms with Gasteiger partial charge >= 0.3 is 5.69 Å². The summed E-state index contributed by atoms with van der Waals surface area (Å²) in [6.07, 6.45) is 3.47. The van der Waals surface area contributed by atoms with E-state index in [-0.39, 0.29) is 17.5 Å². The van der Waals surface area contributed by atoms with Crippen LogP contribution in [0.15, 0.2) is 17.1 Å². The van der Waals surface area contributed by atoms with Gasteiger partial charge in [0.25, 0.3) is 0 Å². The zero-order valence-electron chi connectivity index (χ0n) is 10.5. The van der Waals surface area contributed by atoms with Gasteiger partial charge in [0.15, 0.2) is 0 Å². The van der Waals surface area contributed by atoms with Gasteiger partial charge in [-0.3, -0.25) is 4.79 Å². The number of aromatic nitrogens is 2. The van der Waals surface area contributed by atoms with Gasteiger partial charge in [0.2, 0.25) is 5.91 Å². The van der Waals surface area contributed by atoms with Crippen LogP contribution in [0.1, 0.15) is 24.5 Å². The lowest BCUT2D eigenvalue weighted by Gasteiger charge is -2.32. The van der Waals surface area contributed by atoms with Gasteiger partial charge in [0.05, 0.1) is 6.54 Å². The minimum atomic E-state index is -0.328. The molecule has 0 spiro atoms. The van der Waals surface area contributed by atoms with Crippen molar-refractivity contribution in [3.05, 3.63) is 28.4 Å². The number of hydrogen-bond acceptors (Lipinski definition) is 4. The summed E-state index contributed by atoms with van der Waals surface area (Å²) >= 11 is 0. The molecular formula is C12H18N4O2. The summed E-state index contributed by atoms with van der Waals surface area (Å²) in [6.45, 7) is 1.83. The third-order valence-electron chi connectivity index (χ3n) is 3.24. The quantitative estimate of drug-likeness (QED) is 0.771. The Kier molecular flexibility index (Phi) is 4.09. The number of amides is 1. The summed E-state index contributed by atoms with van der Waals surface area (Å²) in [5.41, 5.74) is 0.545. The lowest BCUT2D eigenvalue weighted by molar-refractivity contribution is -0.131. The largest absolute Gasteiger partial charge is 0.345 e. The summed E-state index contributed by atoms with van der Waals surface area (Å²) in [5, 5.41) is 2.87. The summed E-state index contributed by atoms with van der Waals surface area (Å²) in [7, 11) is 1.76. The van der Waals surface area contributed by atoms with Gasteiger partial charge in [-0.2, -0.15) is 0 Å². The second-order valence-electron chi connectivity index (χ2n) is 4.54. The van der Waals surface area contributed by atoms with Crippen molar-refractivity contribution < 1.29 is 4.79 Å². The summed E-state index contributed by atoms with van der Waals surface area (Å²) < 4.78 is 0. The van der Waals surface area contributed by atoms with E-state index in [4.69, 9.17) is 0 Å². The minimum Gasteiger partial charge on any atom is -0.341 e. The molecule has 1 aromatic rings. The molecule has 2 heterocycles. The molecule has 6 nitrogen and oxygen atoms in total. The molecule has 98 valence electrons. The predicted molar refractivity (Wildman–Crippen MR) is 67.3 cm³/mol. The summed E-state index contributed by atoms with van der Waals surface area (Å²) in [6, 6.07) is 1.82. The highest BCUT2D eigenvalue weighted by Crippen LogP contribution is 2.24. The van der Waals surface area contributed by atoms with Crippen LogP contribution in [0.25, 0.3) is 0 Å². The molecule has 1 fully saturated rings. The van der Waals surface area contributed by atoms with Gasteiger partial charge < -0.3 is 15.2 Å². The Hall–Kier alpha value is -1.69. The number of hydrogen-bond donors (Lipinski definition) is 2. The lowest BCUT2D eigenvalue weighted by atomic mass is 9.94. The van der Waals surface area contributed by atoms with Crippen molar-refractivity contribution in [3.8, 4) is 0 Å². The zero-order valence-corrected chi connectivity index (χ0v) is 10.5. The molecule has 2 N–H and O–H groups in total. The number of nitrogens with zero attached hydrogens (tertiary/aromatic N) is 2. The SMILES string of the molecule is CNCC(=O)N1CCC[C@H](c2ccnc(=O)[nH]2)C1. The second kappa shape index (κ2) is 5.77. The van der Waals surface area contributed by atoms with Gasteiger partial charge in [0.1, 0.15) is 0 Å². The van der Waals surface area contributed by atoms with Crippen LogP contribution in [-0.2, 0) is 4.79 Å². The predicted octanol–water partition coefficient (Wildman–Crippen LogP) is -0.305. The van der Waals surface area contributed by atoms with Gasteiger partial charge in [-0.25, -0.2) is 9.78 Å². The average Bonchev–Trinajstić information content (AvgIpc) is 2.39. The fourth-order valence-electron chi connectivity index (χ4n) is 2.34. The molecule has 1 aliphatic rings. The topological polar surface area (TPSA) is 78.1 Å². The van der Waals surface area contributed by atoms with E-state index in [9.17, 15) is 9.59 Å². The normalized spacial score (nSPS) is 19.8. The minimum absolute atomic E-state index is 0.110. The van der Waals surface area contributed by atoms with E-state index < -0.39 is 0 Å². The number of carbonyl (C=O) groups is 1. The number of piperidine rings is 1. The number of H-pyrrole nitrogens is 1. The number of nitrogens with one attached hydrogen (secondary N) is 2. The lowest BCUT2D eigenvalue weighted by Crippen LogP contribution is -2.43. The van der Waals surface area contributed by atoms with Crippen LogP contribution in [0.3, 0.4) is 0 Å². The molecule has 0 aromatic carbocycles. The molecule has 6 heteroatoms. The van der Waals surface area contributed by atoms with Gasteiger partial charge in [0, 0.05) is 30.9 Å². The van der Waals surface area contributed by atoms with E-state index in [1.165, 1.54) is 6.20 Å². The van der Waals surface area contributed by atoms with Crippen LogP contribution < -0.4 is 11.0 Å². The maximum atomic E-state index is 11.8. The highest BCUT2D eigenvalue weighted by atomic mass is 16.2. The standard InChI is InChI=1S/C12H18N4O2/c1-13-7-11(17)16-6-2-3-9(8-16)10-4-5-14-12(18)15-10/h4-5,9,13H,2-3,6-8H2,1H3,(H,14,15,18)/t9-/m0/s1. The molecule has 0 aliphatic carbocycles. The molecule has 0 radical (unpaired) electrons. The molecule has 2 rings (SSSR count). The molecule has 1 aromatic heterocycles. The number of aromatic amines is 1. The molecule has 1 amide bonds. The molecule has 1 atom stereocenters. The van der Waals surface area contributed by atoms with E-state index in [2.05, 4.69) is 15.3 Å². The number of rotatable bonds is 3. The van der Waals surface area contributed by atoms with Crippen LogP contribution in [0.2, 0.25) is 0 Å². The Morgan fingerprint density at radius 1 is 1.67 bits per heavy atom. The van der Waals surface area contributed by atoms with Crippen molar-refractivity contribution >= 4 is 5.91 Å². The van der Waals surface area contributed by atoms with Crippen molar-refractivity contribution in [1.29, 1.82) is 0 Å². The molecule has 0 saturated carbocycles. The van der Waals surface area contributed by atoms with Crippen LogP contribution in [0.4, 0.5) is 0 Å². The molecule has 0 bridgehead atoms. The number of likely N-dealkylation sites (tertiary alicyclic amines) is 1. The van der Waals surface area contributed by atoms with Crippen molar-refractivity contribution in [2.45, 2.75) is 18.8 Å². The van der Waals surface area contributed by atoms with Crippen molar-refractivity contribution in [2.75, 3.05) is 26.7 Å². The number of likely N-dealkylation sites (N-methyl/N-ethyl adjacent to an activating group) is 1. The first-order chi connectivity index (χ1) is 8.70. The van der Waals surface area contributed by atoms with E-state index in [1.807, 2.05) is 11.0 Å². The van der Waals surface area contributed by atoms with Crippen LogP contribution in [-0.4, -0.2) is 47.5 Å². The monoisotopic (exact) mass is 250 g/mol. The molecule has 18 heavy (non-hydrogen) atoms. The Bertz CT molecular complexity index is 471. The molecular weight excluding hydrogens is 232 g/mol. The third-order valence-corrected chi connectivity index (χ3v) is 3.24. The van der Waals surface area contributed by atoms with Crippen LogP contribution >= 0.6 is 0 Å². The summed E-state index contributed by atoms with van der Waals surface area (Å²) in [5.74, 6) is 0.314. The molecule has 1 saturated heterocycles. The third kappa shape index (κ3) is 2.95. The van der Waals surface area contributed by atoms with E-state index in [0.29, 0.717) is 13.1 Å². The maximum Gasteiger partial charge on any atom is 0.345 e. The van der Waals surface area contributed by atoms with E-state index in [1.54, 1.807) is 7.05 Å². The fourth-order valence-corrected chi connectivity index (χ4v) is 2.34.